The molecular formula is C24H29ClN2O2. The molecular weight excluding hydrogens is 384 g/mol. The minimum absolute atomic E-state index is 0.0676. The molecule has 1 saturated carbocycles. The molecule has 1 aliphatic rings. The molecule has 0 bridgehead atoms. The van der Waals surface area contributed by atoms with Crippen molar-refractivity contribution in [2.75, 3.05) is 0 Å². The molecule has 1 N–H and O–H groups in total. The van der Waals surface area contributed by atoms with Gasteiger partial charge in [0.05, 0.1) is 6.42 Å². The Morgan fingerprint density at radius 2 is 1.62 bits per heavy atom. The molecule has 1 aliphatic carbocycles. The average Bonchev–Trinajstić information content (AvgIpc) is 3.21. The van der Waals surface area contributed by atoms with Crippen LogP contribution in [-0.2, 0) is 22.6 Å². The standard InChI is InChI=1S/C24H29ClN2O2/c1-17-7-9-20(10-8-17)16-27(18(2)24(29)26-22-5-3-4-6-22)23(28)15-19-11-13-21(25)14-12-19/h7-14,18,22H,3-6,15-16H2,1-2H3,(H,26,29)/t18-/m0/s1. The van der Waals surface area contributed by atoms with Crippen LogP contribution < -0.4 is 5.32 Å². The fourth-order valence-corrected chi connectivity index (χ4v) is 3.87. The molecule has 0 aromatic heterocycles. The SMILES string of the molecule is Cc1ccc(CN(C(=O)Cc2ccc(Cl)cc2)[C@@H](C)C(=O)NC2CCCC2)cc1. The lowest BCUT2D eigenvalue weighted by Crippen LogP contribution is -2.50. The molecule has 1 fully saturated rings. The number of nitrogens with zero attached hydrogens (tertiary/aromatic N) is 1. The molecule has 2 amide bonds. The zero-order valence-corrected chi connectivity index (χ0v) is 17.9. The van der Waals surface area contributed by atoms with E-state index in [0.717, 1.165) is 36.8 Å². The smallest absolute Gasteiger partial charge is 0.242 e. The highest BCUT2D eigenvalue weighted by Crippen LogP contribution is 2.19. The molecule has 1 atom stereocenters. The number of amides is 2. The summed E-state index contributed by atoms with van der Waals surface area (Å²) < 4.78 is 0. The van der Waals surface area contributed by atoms with Gasteiger partial charge in [0.25, 0.3) is 0 Å². The summed E-state index contributed by atoms with van der Waals surface area (Å²) in [6, 6.07) is 15.1. The zero-order chi connectivity index (χ0) is 20.8. The highest BCUT2D eigenvalue weighted by molar-refractivity contribution is 6.30. The molecule has 3 rings (SSSR count). The second kappa shape index (κ2) is 9.93. The Morgan fingerprint density at radius 1 is 1.03 bits per heavy atom. The molecule has 2 aromatic rings. The predicted molar refractivity (Wildman–Crippen MR) is 117 cm³/mol. The van der Waals surface area contributed by atoms with Gasteiger partial charge in [0, 0.05) is 17.6 Å². The Hall–Kier alpha value is -2.33. The van der Waals surface area contributed by atoms with Gasteiger partial charge >= 0.3 is 0 Å². The normalized spacial score (nSPS) is 15.1. The topological polar surface area (TPSA) is 49.4 Å². The number of carbonyl (C=O) groups is 2. The first-order valence-electron chi connectivity index (χ1n) is 10.3. The Bertz CT molecular complexity index is 827. The lowest BCUT2D eigenvalue weighted by atomic mass is 10.1. The van der Waals surface area contributed by atoms with Gasteiger partial charge in [-0.25, -0.2) is 0 Å². The number of halogens is 1. The third-order valence-electron chi connectivity index (χ3n) is 5.61. The van der Waals surface area contributed by atoms with Crippen LogP contribution >= 0.6 is 11.6 Å². The van der Waals surface area contributed by atoms with E-state index in [2.05, 4.69) is 5.32 Å². The van der Waals surface area contributed by atoms with Crippen molar-refractivity contribution in [3.05, 3.63) is 70.2 Å². The van der Waals surface area contributed by atoms with Gasteiger partial charge in [0.1, 0.15) is 6.04 Å². The molecule has 0 saturated heterocycles. The maximum atomic E-state index is 13.2. The molecule has 0 unspecified atom stereocenters. The van der Waals surface area contributed by atoms with Crippen LogP contribution in [0.1, 0.15) is 49.3 Å². The van der Waals surface area contributed by atoms with Crippen LogP contribution in [0.3, 0.4) is 0 Å². The summed E-state index contributed by atoms with van der Waals surface area (Å²) in [4.78, 5) is 27.7. The van der Waals surface area contributed by atoms with Crippen molar-refractivity contribution >= 4 is 23.4 Å². The Kier molecular flexibility index (Phi) is 7.32. The number of nitrogens with one attached hydrogen (secondary N) is 1. The first kappa shape index (κ1) is 21.4. The maximum absolute atomic E-state index is 13.2. The van der Waals surface area contributed by atoms with Gasteiger partial charge in [-0.3, -0.25) is 9.59 Å². The largest absolute Gasteiger partial charge is 0.352 e. The van der Waals surface area contributed by atoms with Crippen molar-refractivity contribution in [1.82, 2.24) is 10.2 Å². The molecule has 2 aromatic carbocycles. The fourth-order valence-electron chi connectivity index (χ4n) is 3.74. The lowest BCUT2D eigenvalue weighted by molar-refractivity contribution is -0.140. The number of hydrogen-bond acceptors (Lipinski definition) is 2. The van der Waals surface area contributed by atoms with Gasteiger partial charge in [-0.1, -0.05) is 66.4 Å². The van der Waals surface area contributed by atoms with E-state index >= 15 is 0 Å². The van der Waals surface area contributed by atoms with Gasteiger partial charge < -0.3 is 10.2 Å². The summed E-state index contributed by atoms with van der Waals surface area (Å²) in [5, 5.41) is 3.77. The van der Waals surface area contributed by atoms with Crippen LogP contribution in [0.25, 0.3) is 0 Å². The van der Waals surface area contributed by atoms with Gasteiger partial charge in [-0.05, 0) is 49.9 Å². The van der Waals surface area contributed by atoms with E-state index in [-0.39, 0.29) is 24.3 Å². The highest BCUT2D eigenvalue weighted by Gasteiger charge is 2.28. The average molecular weight is 413 g/mol. The monoisotopic (exact) mass is 412 g/mol. The van der Waals surface area contributed by atoms with Crippen molar-refractivity contribution in [1.29, 1.82) is 0 Å². The van der Waals surface area contributed by atoms with Crippen LogP contribution in [0, 0.1) is 6.92 Å². The third-order valence-corrected chi connectivity index (χ3v) is 5.86. The third kappa shape index (κ3) is 6.07. The van der Waals surface area contributed by atoms with E-state index in [4.69, 9.17) is 11.6 Å². The fraction of sp³-hybridized carbons (Fsp3) is 0.417. The molecule has 5 heteroatoms. The summed E-state index contributed by atoms with van der Waals surface area (Å²) in [5.74, 6) is -0.143. The molecule has 0 heterocycles. The highest BCUT2D eigenvalue weighted by atomic mass is 35.5. The maximum Gasteiger partial charge on any atom is 0.242 e. The van der Waals surface area contributed by atoms with Crippen molar-refractivity contribution < 1.29 is 9.59 Å². The van der Waals surface area contributed by atoms with Gasteiger partial charge in [0.2, 0.25) is 11.8 Å². The summed E-state index contributed by atoms with van der Waals surface area (Å²) in [6.45, 7) is 4.26. The number of hydrogen-bond donors (Lipinski definition) is 1. The van der Waals surface area contributed by atoms with E-state index in [1.54, 1.807) is 17.0 Å². The van der Waals surface area contributed by atoms with Crippen molar-refractivity contribution in [3.63, 3.8) is 0 Å². The van der Waals surface area contributed by atoms with Gasteiger partial charge in [0.15, 0.2) is 0 Å². The first-order valence-corrected chi connectivity index (χ1v) is 10.7. The summed E-state index contributed by atoms with van der Waals surface area (Å²) in [5.41, 5.74) is 3.07. The minimum atomic E-state index is -0.531. The summed E-state index contributed by atoms with van der Waals surface area (Å²) >= 11 is 5.96. The van der Waals surface area contributed by atoms with Crippen molar-refractivity contribution in [2.45, 2.75) is 64.6 Å². The van der Waals surface area contributed by atoms with Gasteiger partial charge in [-0.15, -0.1) is 0 Å². The van der Waals surface area contributed by atoms with Crippen LogP contribution in [0.4, 0.5) is 0 Å². The van der Waals surface area contributed by atoms with Crippen LogP contribution in [0.5, 0.6) is 0 Å². The molecule has 29 heavy (non-hydrogen) atoms. The molecule has 4 nitrogen and oxygen atoms in total. The summed E-state index contributed by atoms with van der Waals surface area (Å²) in [7, 11) is 0. The lowest BCUT2D eigenvalue weighted by Gasteiger charge is -2.30. The van der Waals surface area contributed by atoms with Crippen LogP contribution in [-0.4, -0.2) is 28.8 Å². The molecule has 0 spiro atoms. The predicted octanol–water partition coefficient (Wildman–Crippen LogP) is 4.67. The summed E-state index contributed by atoms with van der Waals surface area (Å²) in [6.07, 6.45) is 4.60. The van der Waals surface area contributed by atoms with Gasteiger partial charge in [-0.2, -0.15) is 0 Å². The van der Waals surface area contributed by atoms with E-state index in [1.165, 1.54) is 5.56 Å². The van der Waals surface area contributed by atoms with Crippen LogP contribution in [0.2, 0.25) is 5.02 Å². The second-order valence-corrected chi connectivity index (χ2v) is 8.41. The van der Waals surface area contributed by atoms with Crippen molar-refractivity contribution in [3.8, 4) is 0 Å². The number of benzene rings is 2. The molecule has 154 valence electrons. The van der Waals surface area contributed by atoms with E-state index in [1.807, 2.05) is 50.2 Å². The van der Waals surface area contributed by atoms with Crippen LogP contribution in [0.15, 0.2) is 48.5 Å². The second-order valence-electron chi connectivity index (χ2n) is 7.98. The van der Waals surface area contributed by atoms with E-state index in [0.29, 0.717) is 11.6 Å². The van der Waals surface area contributed by atoms with Crippen molar-refractivity contribution in [2.24, 2.45) is 0 Å². The number of rotatable bonds is 7. The van der Waals surface area contributed by atoms with E-state index in [9.17, 15) is 9.59 Å². The number of aryl methyl sites for hydroxylation is 1. The Balaban J connectivity index is 1.75. The zero-order valence-electron chi connectivity index (χ0n) is 17.2. The first-order chi connectivity index (χ1) is 13.9. The Labute approximate surface area is 178 Å². The molecule has 0 aliphatic heterocycles. The van der Waals surface area contributed by atoms with E-state index < -0.39 is 6.04 Å². The molecule has 0 radical (unpaired) electrons. The quantitative estimate of drug-likeness (QED) is 0.718. The Morgan fingerprint density at radius 3 is 2.24 bits per heavy atom. The minimum Gasteiger partial charge on any atom is -0.352 e. The number of carbonyl (C=O) groups excluding carboxylic acids is 2.